The van der Waals surface area contributed by atoms with Crippen LogP contribution in [0.4, 0.5) is 0 Å². The van der Waals surface area contributed by atoms with Crippen LogP contribution in [0.1, 0.15) is 41.7 Å². The van der Waals surface area contributed by atoms with Crippen molar-refractivity contribution in [3.05, 3.63) is 93.6 Å². The molecule has 0 bridgehead atoms. The van der Waals surface area contributed by atoms with Gasteiger partial charge in [0.2, 0.25) is 0 Å². The van der Waals surface area contributed by atoms with Gasteiger partial charge in [-0.05, 0) is 67.8 Å². The van der Waals surface area contributed by atoms with Crippen molar-refractivity contribution in [1.29, 1.82) is 0 Å². The van der Waals surface area contributed by atoms with E-state index in [9.17, 15) is 14.7 Å². The second kappa shape index (κ2) is 10.8. The van der Waals surface area contributed by atoms with Gasteiger partial charge in [0.1, 0.15) is 6.33 Å². The molecular weight excluding hydrogens is 530 g/mol. The van der Waals surface area contributed by atoms with E-state index in [-0.39, 0.29) is 30.2 Å². The third kappa shape index (κ3) is 5.30. The molecule has 2 fully saturated rings. The first-order valence-electron chi connectivity index (χ1n) is 13.6. The standard InChI is InChI=1S/C30H32ClN5O4/c1-20-16-32-26(17-40-20)21-4-8-24(9-5-21)36-13-10-25-27(36)33-19-35(29(25)38)18-30(39)11-14-34(15-12-30)28(37)22-2-6-23(31)7-3-22/h2-10,13,19-20,26,32,39H,11-12,14-18H2,1H3/t20-,26-/m0/s1. The van der Waals surface area contributed by atoms with Crippen molar-refractivity contribution in [1.82, 2.24) is 24.3 Å². The Balaban J connectivity index is 1.14. The maximum absolute atomic E-state index is 13.4. The first kappa shape index (κ1) is 26.7. The molecule has 2 atom stereocenters. The van der Waals surface area contributed by atoms with Gasteiger partial charge in [-0.15, -0.1) is 0 Å². The van der Waals surface area contributed by atoms with Crippen LogP contribution in [0.25, 0.3) is 16.7 Å². The molecule has 0 spiro atoms. The Morgan fingerprint density at radius 3 is 2.52 bits per heavy atom. The largest absolute Gasteiger partial charge is 0.388 e. The van der Waals surface area contributed by atoms with Gasteiger partial charge in [0.25, 0.3) is 11.5 Å². The number of hydrogen-bond acceptors (Lipinski definition) is 6. The van der Waals surface area contributed by atoms with Crippen LogP contribution in [-0.2, 0) is 11.3 Å². The number of carbonyl (C=O) groups is 1. The average molecular weight is 562 g/mol. The number of aromatic nitrogens is 3. The lowest BCUT2D eigenvalue weighted by atomic mass is 9.91. The highest BCUT2D eigenvalue weighted by molar-refractivity contribution is 6.30. The number of likely N-dealkylation sites (tertiary alicyclic amines) is 1. The van der Waals surface area contributed by atoms with Gasteiger partial charge in [0.15, 0.2) is 5.65 Å². The highest BCUT2D eigenvalue weighted by Crippen LogP contribution is 2.26. The van der Waals surface area contributed by atoms with Crippen molar-refractivity contribution in [2.24, 2.45) is 0 Å². The first-order valence-corrected chi connectivity index (χ1v) is 14.0. The number of nitrogens with zero attached hydrogens (tertiary/aromatic N) is 4. The van der Waals surface area contributed by atoms with Crippen LogP contribution in [-0.4, -0.2) is 68.0 Å². The van der Waals surface area contributed by atoms with Crippen LogP contribution in [0.5, 0.6) is 0 Å². The third-order valence-electron chi connectivity index (χ3n) is 7.98. The Labute approximate surface area is 237 Å². The van der Waals surface area contributed by atoms with E-state index in [1.807, 2.05) is 22.9 Å². The molecule has 0 saturated carbocycles. The quantitative estimate of drug-likeness (QED) is 0.386. The molecule has 40 heavy (non-hydrogen) atoms. The summed E-state index contributed by atoms with van der Waals surface area (Å²) < 4.78 is 9.15. The molecule has 2 aliphatic rings. The molecule has 2 aromatic heterocycles. The molecular formula is C30H32ClN5O4. The van der Waals surface area contributed by atoms with E-state index >= 15 is 0 Å². The monoisotopic (exact) mass is 561 g/mol. The number of halogens is 1. The van der Waals surface area contributed by atoms with E-state index in [0.29, 0.717) is 54.2 Å². The van der Waals surface area contributed by atoms with Gasteiger partial charge in [0.05, 0.1) is 36.3 Å². The summed E-state index contributed by atoms with van der Waals surface area (Å²) in [6.45, 7) is 4.43. The zero-order chi connectivity index (χ0) is 27.9. The molecule has 2 aliphatic heterocycles. The second-order valence-corrected chi connectivity index (χ2v) is 11.3. The molecule has 2 aromatic carbocycles. The van der Waals surface area contributed by atoms with E-state index in [4.69, 9.17) is 16.3 Å². The topological polar surface area (TPSA) is 102 Å². The Kier molecular flexibility index (Phi) is 7.22. The summed E-state index contributed by atoms with van der Waals surface area (Å²) in [5.74, 6) is -0.0914. The number of piperidine rings is 1. The maximum atomic E-state index is 13.4. The molecule has 10 heteroatoms. The number of carbonyl (C=O) groups excluding carboxylic acids is 1. The van der Waals surface area contributed by atoms with Gasteiger partial charge >= 0.3 is 0 Å². The summed E-state index contributed by atoms with van der Waals surface area (Å²) in [5.41, 5.74) is 1.88. The van der Waals surface area contributed by atoms with Crippen LogP contribution in [0.3, 0.4) is 0 Å². The molecule has 208 valence electrons. The molecule has 9 nitrogen and oxygen atoms in total. The Morgan fingerprint density at radius 2 is 1.85 bits per heavy atom. The normalized spacial score (nSPS) is 21.0. The number of aliphatic hydroxyl groups is 1. The number of amides is 1. The fourth-order valence-electron chi connectivity index (χ4n) is 5.52. The fraction of sp³-hybridized carbons (Fsp3) is 0.367. The number of fused-ring (bicyclic) bond motifs is 1. The zero-order valence-corrected chi connectivity index (χ0v) is 23.1. The molecule has 2 N–H and O–H groups in total. The predicted molar refractivity (Wildman–Crippen MR) is 153 cm³/mol. The summed E-state index contributed by atoms with van der Waals surface area (Å²) in [4.78, 5) is 32.5. The Morgan fingerprint density at radius 1 is 1.12 bits per heavy atom. The SMILES string of the molecule is C[C@H]1CN[C@H](c2ccc(-n3ccc4c(=O)n(CC5(O)CCN(C(=O)c6ccc(Cl)cc6)CC5)cnc43)cc2)CO1. The molecule has 0 radical (unpaired) electrons. The minimum atomic E-state index is -1.11. The number of hydrogen-bond donors (Lipinski definition) is 2. The van der Waals surface area contributed by atoms with Gasteiger partial charge in [0, 0.05) is 42.1 Å². The van der Waals surface area contributed by atoms with Crippen molar-refractivity contribution in [3.63, 3.8) is 0 Å². The Hall–Kier alpha value is -3.50. The lowest BCUT2D eigenvalue weighted by Gasteiger charge is -2.38. The average Bonchev–Trinajstić information content (AvgIpc) is 3.40. The minimum absolute atomic E-state index is 0.0914. The number of ether oxygens (including phenoxy) is 1. The lowest BCUT2D eigenvalue weighted by Crippen LogP contribution is -2.49. The van der Waals surface area contributed by atoms with Gasteiger partial charge in [-0.2, -0.15) is 0 Å². The predicted octanol–water partition coefficient (Wildman–Crippen LogP) is 3.56. The molecule has 0 aliphatic carbocycles. The van der Waals surface area contributed by atoms with Crippen LogP contribution < -0.4 is 10.9 Å². The number of benzene rings is 2. The van der Waals surface area contributed by atoms with Gasteiger partial charge in [-0.1, -0.05) is 23.7 Å². The van der Waals surface area contributed by atoms with Crippen LogP contribution in [0.15, 0.2) is 71.9 Å². The van der Waals surface area contributed by atoms with Crippen molar-refractivity contribution >= 4 is 28.5 Å². The van der Waals surface area contributed by atoms with Crippen molar-refractivity contribution < 1.29 is 14.6 Å². The lowest BCUT2D eigenvalue weighted by molar-refractivity contribution is -0.0299. The summed E-state index contributed by atoms with van der Waals surface area (Å²) >= 11 is 5.94. The van der Waals surface area contributed by atoms with E-state index in [2.05, 4.69) is 29.4 Å². The molecule has 4 aromatic rings. The Bertz CT molecular complexity index is 1560. The van der Waals surface area contributed by atoms with Crippen LogP contribution in [0, 0.1) is 0 Å². The second-order valence-electron chi connectivity index (χ2n) is 10.8. The highest BCUT2D eigenvalue weighted by atomic mass is 35.5. The van der Waals surface area contributed by atoms with Crippen molar-refractivity contribution in [2.45, 2.75) is 44.1 Å². The molecule has 0 unspecified atom stereocenters. The minimum Gasteiger partial charge on any atom is -0.388 e. The van der Waals surface area contributed by atoms with E-state index in [1.54, 1.807) is 35.2 Å². The fourth-order valence-corrected chi connectivity index (χ4v) is 5.65. The highest BCUT2D eigenvalue weighted by Gasteiger charge is 2.35. The molecule has 6 rings (SSSR count). The van der Waals surface area contributed by atoms with E-state index < -0.39 is 5.60 Å². The number of rotatable bonds is 5. The van der Waals surface area contributed by atoms with Gasteiger partial charge in [-0.3, -0.25) is 14.2 Å². The van der Waals surface area contributed by atoms with Crippen molar-refractivity contribution in [3.8, 4) is 5.69 Å². The third-order valence-corrected chi connectivity index (χ3v) is 8.23. The van der Waals surface area contributed by atoms with E-state index in [0.717, 1.165) is 17.8 Å². The number of nitrogens with one attached hydrogen (secondary N) is 1. The van der Waals surface area contributed by atoms with Gasteiger partial charge < -0.3 is 24.6 Å². The van der Waals surface area contributed by atoms with Gasteiger partial charge in [-0.25, -0.2) is 4.98 Å². The summed E-state index contributed by atoms with van der Waals surface area (Å²) in [6, 6.07) is 16.9. The first-order chi connectivity index (χ1) is 19.3. The summed E-state index contributed by atoms with van der Waals surface area (Å²) in [5, 5.41) is 15.9. The number of morpholine rings is 1. The zero-order valence-electron chi connectivity index (χ0n) is 22.3. The summed E-state index contributed by atoms with van der Waals surface area (Å²) in [6.07, 6.45) is 4.30. The van der Waals surface area contributed by atoms with E-state index in [1.165, 1.54) is 10.9 Å². The maximum Gasteiger partial charge on any atom is 0.262 e. The smallest absolute Gasteiger partial charge is 0.262 e. The molecule has 2 saturated heterocycles. The van der Waals surface area contributed by atoms with Crippen LogP contribution in [0.2, 0.25) is 5.02 Å². The summed E-state index contributed by atoms with van der Waals surface area (Å²) in [7, 11) is 0. The molecule has 4 heterocycles. The van der Waals surface area contributed by atoms with Crippen LogP contribution >= 0.6 is 11.6 Å². The van der Waals surface area contributed by atoms with Crippen molar-refractivity contribution in [2.75, 3.05) is 26.2 Å². The molecule has 1 amide bonds.